The van der Waals surface area contributed by atoms with E-state index in [1.807, 2.05) is 49.4 Å². The smallest absolute Gasteiger partial charge is 0.0485 e. The molecule has 108 valence electrons. The zero-order chi connectivity index (χ0) is 15.1. The van der Waals surface area contributed by atoms with E-state index in [4.69, 9.17) is 5.73 Å². The molecule has 0 aliphatic heterocycles. The van der Waals surface area contributed by atoms with E-state index in [1.54, 1.807) is 0 Å². The van der Waals surface area contributed by atoms with Crippen LogP contribution in [0.2, 0.25) is 0 Å². The minimum absolute atomic E-state index is 0.794. The average Bonchev–Trinajstić information content (AvgIpc) is 2.90. The Hall–Kier alpha value is -2.48. The van der Waals surface area contributed by atoms with Crippen molar-refractivity contribution in [1.82, 2.24) is 4.57 Å². The van der Waals surface area contributed by atoms with Crippen LogP contribution in [0, 0.1) is 0 Å². The van der Waals surface area contributed by atoms with Gasteiger partial charge in [0.15, 0.2) is 0 Å². The highest BCUT2D eigenvalue weighted by molar-refractivity contribution is 5.67. The Bertz CT molecular complexity index is 673. The second kappa shape index (κ2) is 7.34. The predicted octanol–water partition coefficient (Wildman–Crippen LogP) is 4.90. The molecule has 0 fully saturated rings. The first-order valence-electron chi connectivity index (χ1n) is 7.27. The minimum Gasteiger partial charge on any atom is -0.399 e. The van der Waals surface area contributed by atoms with Gasteiger partial charge in [-0.25, -0.2) is 0 Å². The van der Waals surface area contributed by atoms with Crippen LogP contribution >= 0.6 is 0 Å². The summed E-state index contributed by atoms with van der Waals surface area (Å²) >= 11 is 0. The Balaban J connectivity index is 2.30. The quantitative estimate of drug-likeness (QED) is 0.612. The topological polar surface area (TPSA) is 30.9 Å². The maximum atomic E-state index is 5.88. The maximum absolute atomic E-state index is 5.88. The van der Waals surface area contributed by atoms with Gasteiger partial charge < -0.3 is 10.3 Å². The number of anilines is 1. The Labute approximate surface area is 126 Å². The molecule has 21 heavy (non-hydrogen) atoms. The van der Waals surface area contributed by atoms with Gasteiger partial charge in [-0.15, -0.1) is 0 Å². The summed E-state index contributed by atoms with van der Waals surface area (Å²) in [5.41, 5.74) is 10.2. The van der Waals surface area contributed by atoms with Gasteiger partial charge in [-0.1, -0.05) is 42.5 Å². The van der Waals surface area contributed by atoms with Gasteiger partial charge in [0.2, 0.25) is 0 Å². The number of rotatable bonds is 5. The first-order valence-corrected chi connectivity index (χ1v) is 7.27. The van der Waals surface area contributed by atoms with Crippen LogP contribution in [0.15, 0.2) is 66.8 Å². The van der Waals surface area contributed by atoms with Crippen LogP contribution in [-0.2, 0) is 6.54 Å². The molecular weight excluding hydrogens is 256 g/mol. The van der Waals surface area contributed by atoms with Crippen LogP contribution < -0.4 is 5.73 Å². The SMILES string of the molecule is C\C=C/C=C\C=C\c1ccc(-c2cccc(N)c2)n1CC. The Morgan fingerprint density at radius 2 is 1.86 bits per heavy atom. The molecule has 1 heterocycles. The van der Waals surface area contributed by atoms with E-state index in [-0.39, 0.29) is 0 Å². The van der Waals surface area contributed by atoms with E-state index < -0.39 is 0 Å². The Morgan fingerprint density at radius 1 is 1.05 bits per heavy atom. The van der Waals surface area contributed by atoms with Crippen molar-refractivity contribution in [2.45, 2.75) is 20.4 Å². The Kier molecular flexibility index (Phi) is 5.22. The highest BCUT2D eigenvalue weighted by Gasteiger charge is 2.06. The third kappa shape index (κ3) is 3.76. The van der Waals surface area contributed by atoms with Crippen LogP contribution in [0.25, 0.3) is 17.3 Å². The van der Waals surface area contributed by atoms with Crippen molar-refractivity contribution in [2.24, 2.45) is 0 Å². The molecule has 0 aliphatic rings. The molecule has 2 nitrogen and oxygen atoms in total. The molecule has 0 amide bonds. The Morgan fingerprint density at radius 3 is 2.57 bits per heavy atom. The van der Waals surface area contributed by atoms with E-state index in [1.165, 1.54) is 11.4 Å². The molecule has 0 saturated heterocycles. The fraction of sp³-hybridized carbons (Fsp3) is 0.158. The molecule has 2 rings (SSSR count). The van der Waals surface area contributed by atoms with Crippen molar-refractivity contribution in [3.05, 3.63) is 72.5 Å². The van der Waals surface area contributed by atoms with Gasteiger partial charge >= 0.3 is 0 Å². The van der Waals surface area contributed by atoms with Crippen LogP contribution in [0.1, 0.15) is 19.5 Å². The molecule has 0 atom stereocenters. The molecule has 0 radical (unpaired) electrons. The monoisotopic (exact) mass is 278 g/mol. The van der Waals surface area contributed by atoms with Gasteiger partial charge in [-0.3, -0.25) is 0 Å². The number of hydrogen-bond donors (Lipinski definition) is 1. The minimum atomic E-state index is 0.794. The standard InChI is InChI=1S/C19H22N2/c1-3-5-6-7-8-12-18-13-14-19(21(18)4-2)16-10-9-11-17(20)15-16/h3,5-15H,4,20H2,1-2H3/b5-3-,7-6-,12-8+. The molecular formula is C19H22N2. The van der Waals surface area contributed by atoms with Crippen LogP contribution in [0.5, 0.6) is 0 Å². The molecule has 1 aromatic heterocycles. The normalized spacial score (nSPS) is 12.1. The molecule has 0 aliphatic carbocycles. The van der Waals surface area contributed by atoms with Crippen molar-refractivity contribution in [3.8, 4) is 11.3 Å². The van der Waals surface area contributed by atoms with E-state index in [9.17, 15) is 0 Å². The third-order valence-electron chi connectivity index (χ3n) is 3.31. The number of aromatic nitrogens is 1. The van der Waals surface area contributed by atoms with Crippen LogP contribution in [-0.4, -0.2) is 4.57 Å². The van der Waals surface area contributed by atoms with Gasteiger partial charge in [-0.2, -0.15) is 0 Å². The second-order valence-corrected chi connectivity index (χ2v) is 4.78. The van der Waals surface area contributed by atoms with Crippen molar-refractivity contribution in [2.75, 3.05) is 5.73 Å². The van der Waals surface area contributed by atoms with E-state index >= 15 is 0 Å². The predicted molar refractivity (Wildman–Crippen MR) is 92.9 cm³/mol. The average molecular weight is 278 g/mol. The summed E-state index contributed by atoms with van der Waals surface area (Å²) in [6, 6.07) is 12.3. The molecule has 2 N–H and O–H groups in total. The number of nitrogens with two attached hydrogens (primary N) is 1. The highest BCUT2D eigenvalue weighted by Crippen LogP contribution is 2.25. The maximum Gasteiger partial charge on any atom is 0.0485 e. The number of allylic oxidation sites excluding steroid dienone is 5. The van der Waals surface area contributed by atoms with Gasteiger partial charge in [-0.05, 0) is 44.2 Å². The fourth-order valence-corrected chi connectivity index (χ4v) is 2.33. The molecule has 0 spiro atoms. The summed E-state index contributed by atoms with van der Waals surface area (Å²) in [5.74, 6) is 0. The number of benzene rings is 1. The largest absolute Gasteiger partial charge is 0.399 e. The third-order valence-corrected chi connectivity index (χ3v) is 3.31. The molecule has 2 heteroatoms. The summed E-state index contributed by atoms with van der Waals surface area (Å²) in [4.78, 5) is 0. The van der Waals surface area contributed by atoms with Crippen LogP contribution in [0.4, 0.5) is 5.69 Å². The van der Waals surface area contributed by atoms with Crippen molar-refractivity contribution < 1.29 is 0 Å². The molecule has 0 unspecified atom stereocenters. The highest BCUT2D eigenvalue weighted by atomic mass is 15.0. The zero-order valence-corrected chi connectivity index (χ0v) is 12.7. The van der Waals surface area contributed by atoms with Crippen LogP contribution in [0.3, 0.4) is 0 Å². The lowest BCUT2D eigenvalue weighted by Gasteiger charge is -2.09. The lowest BCUT2D eigenvalue weighted by atomic mass is 10.1. The summed E-state index contributed by atoms with van der Waals surface area (Å²) in [7, 11) is 0. The van der Waals surface area contributed by atoms with Gasteiger partial charge in [0, 0.05) is 29.2 Å². The first-order chi connectivity index (χ1) is 10.3. The summed E-state index contributed by atoms with van der Waals surface area (Å²) in [5, 5.41) is 0. The van der Waals surface area contributed by atoms with Crippen molar-refractivity contribution in [3.63, 3.8) is 0 Å². The van der Waals surface area contributed by atoms with Gasteiger partial charge in [0.05, 0.1) is 0 Å². The number of nitrogen functional groups attached to an aromatic ring is 1. The summed E-state index contributed by atoms with van der Waals surface area (Å²) in [6.45, 7) is 5.09. The van der Waals surface area contributed by atoms with Crippen molar-refractivity contribution >= 4 is 11.8 Å². The lowest BCUT2D eigenvalue weighted by Crippen LogP contribution is -1.99. The molecule has 2 aromatic rings. The zero-order valence-electron chi connectivity index (χ0n) is 12.7. The number of hydrogen-bond acceptors (Lipinski definition) is 1. The lowest BCUT2D eigenvalue weighted by molar-refractivity contribution is 0.769. The summed E-state index contributed by atoms with van der Waals surface area (Å²) < 4.78 is 2.29. The van der Waals surface area contributed by atoms with Crippen molar-refractivity contribution in [1.29, 1.82) is 0 Å². The first kappa shape index (κ1) is 14.9. The van der Waals surface area contributed by atoms with Gasteiger partial charge in [0.25, 0.3) is 0 Å². The van der Waals surface area contributed by atoms with E-state index in [2.05, 4.69) is 41.8 Å². The molecule has 1 aromatic carbocycles. The fourth-order valence-electron chi connectivity index (χ4n) is 2.33. The van der Waals surface area contributed by atoms with Gasteiger partial charge in [0.1, 0.15) is 0 Å². The summed E-state index contributed by atoms with van der Waals surface area (Å²) in [6.07, 6.45) is 12.3. The second-order valence-electron chi connectivity index (χ2n) is 4.78. The molecule has 0 bridgehead atoms. The van der Waals surface area contributed by atoms with E-state index in [0.717, 1.165) is 17.8 Å². The molecule has 0 saturated carbocycles. The van der Waals surface area contributed by atoms with E-state index in [0.29, 0.717) is 0 Å². The number of nitrogens with zero attached hydrogens (tertiary/aromatic N) is 1.